The highest BCUT2D eigenvalue weighted by molar-refractivity contribution is 7.98. The van der Waals surface area contributed by atoms with E-state index in [2.05, 4.69) is 0 Å². The fourth-order valence-corrected chi connectivity index (χ4v) is 3.37. The summed E-state index contributed by atoms with van der Waals surface area (Å²) >= 11 is 2.96. The molecule has 0 heterocycles. The van der Waals surface area contributed by atoms with Crippen LogP contribution in [0.1, 0.15) is 11.1 Å². The molecule has 0 amide bonds. The fraction of sp³-hybridized carbons (Fsp3) is 0.429. The fourth-order valence-electron chi connectivity index (χ4n) is 1.48. The standard InChI is InChI=1S/C14H20N2O4S2/c15-11(13(17)18)7-21-5-9-1-2-10(4-3-9)6-22-8-12(16)14(19)20/h1-4,11-12H,5-8,15-16H2,(H,17,18)(H,19,20)/t11-,12-/m0/s1. The Bertz CT molecular complexity index is 451. The molecule has 0 fully saturated rings. The third-order valence-electron chi connectivity index (χ3n) is 2.79. The molecule has 1 aromatic carbocycles. The van der Waals surface area contributed by atoms with Crippen LogP contribution in [0.2, 0.25) is 0 Å². The summed E-state index contributed by atoms with van der Waals surface area (Å²) in [4.78, 5) is 21.2. The van der Waals surface area contributed by atoms with Crippen molar-refractivity contribution in [1.29, 1.82) is 0 Å². The molecule has 0 radical (unpaired) electrons. The molecule has 0 aliphatic rings. The molecular weight excluding hydrogens is 324 g/mol. The molecule has 6 N–H and O–H groups in total. The van der Waals surface area contributed by atoms with E-state index in [0.29, 0.717) is 23.0 Å². The topological polar surface area (TPSA) is 127 Å². The van der Waals surface area contributed by atoms with Crippen LogP contribution < -0.4 is 11.5 Å². The van der Waals surface area contributed by atoms with E-state index in [4.69, 9.17) is 21.7 Å². The molecule has 122 valence electrons. The zero-order valence-electron chi connectivity index (χ0n) is 12.0. The lowest BCUT2D eigenvalue weighted by Crippen LogP contribution is -2.32. The summed E-state index contributed by atoms with van der Waals surface area (Å²) in [6.45, 7) is 0. The molecular formula is C14H20N2O4S2. The zero-order chi connectivity index (χ0) is 16.5. The summed E-state index contributed by atoms with van der Waals surface area (Å²) in [6, 6.07) is 6.25. The van der Waals surface area contributed by atoms with Crippen LogP contribution in [-0.4, -0.2) is 45.7 Å². The summed E-state index contributed by atoms with van der Waals surface area (Å²) in [6.07, 6.45) is 0. The Hall–Kier alpha value is -1.22. The molecule has 8 heteroatoms. The minimum atomic E-state index is -0.987. The van der Waals surface area contributed by atoms with Gasteiger partial charge in [0.15, 0.2) is 0 Å². The van der Waals surface area contributed by atoms with Crippen molar-refractivity contribution in [2.45, 2.75) is 23.6 Å². The van der Waals surface area contributed by atoms with Crippen molar-refractivity contribution in [3.63, 3.8) is 0 Å². The molecule has 0 spiro atoms. The molecule has 0 aliphatic carbocycles. The van der Waals surface area contributed by atoms with Crippen LogP contribution in [0.5, 0.6) is 0 Å². The monoisotopic (exact) mass is 344 g/mol. The third kappa shape index (κ3) is 7.17. The first-order valence-electron chi connectivity index (χ1n) is 6.60. The molecule has 22 heavy (non-hydrogen) atoms. The van der Waals surface area contributed by atoms with Crippen LogP contribution in [0.15, 0.2) is 24.3 Å². The van der Waals surface area contributed by atoms with Gasteiger partial charge in [0.2, 0.25) is 0 Å². The maximum atomic E-state index is 10.6. The molecule has 0 aromatic heterocycles. The maximum absolute atomic E-state index is 10.6. The lowest BCUT2D eigenvalue weighted by Gasteiger charge is -2.08. The Balaban J connectivity index is 2.31. The third-order valence-corrected chi connectivity index (χ3v) is 5.05. The van der Waals surface area contributed by atoms with E-state index in [9.17, 15) is 9.59 Å². The number of nitrogens with two attached hydrogens (primary N) is 2. The van der Waals surface area contributed by atoms with Gasteiger partial charge in [-0.25, -0.2) is 0 Å². The number of aliphatic carboxylic acids is 2. The van der Waals surface area contributed by atoms with Gasteiger partial charge in [-0.15, -0.1) is 0 Å². The van der Waals surface area contributed by atoms with E-state index < -0.39 is 24.0 Å². The van der Waals surface area contributed by atoms with Crippen LogP contribution in [0.3, 0.4) is 0 Å². The highest BCUT2D eigenvalue weighted by Crippen LogP contribution is 2.17. The molecule has 0 aliphatic heterocycles. The molecule has 2 atom stereocenters. The van der Waals surface area contributed by atoms with E-state index in [-0.39, 0.29) is 0 Å². The van der Waals surface area contributed by atoms with Gasteiger partial charge in [0, 0.05) is 23.0 Å². The molecule has 1 aromatic rings. The number of carbonyl (C=O) groups is 2. The van der Waals surface area contributed by atoms with Crippen molar-refractivity contribution in [2.75, 3.05) is 11.5 Å². The van der Waals surface area contributed by atoms with E-state index in [1.807, 2.05) is 24.3 Å². The van der Waals surface area contributed by atoms with Gasteiger partial charge >= 0.3 is 11.9 Å². The van der Waals surface area contributed by atoms with Crippen molar-refractivity contribution >= 4 is 35.5 Å². The second kappa shape index (κ2) is 9.73. The quantitative estimate of drug-likeness (QED) is 0.495. The minimum Gasteiger partial charge on any atom is -0.480 e. The number of thioether (sulfide) groups is 2. The number of benzene rings is 1. The van der Waals surface area contributed by atoms with Gasteiger partial charge in [-0.2, -0.15) is 23.5 Å². The highest BCUT2D eigenvalue weighted by Gasteiger charge is 2.11. The predicted octanol–water partition coefficient (Wildman–Crippen LogP) is 0.977. The van der Waals surface area contributed by atoms with Crippen LogP contribution in [0.4, 0.5) is 0 Å². The number of hydrogen-bond donors (Lipinski definition) is 4. The summed E-state index contributed by atoms with van der Waals surface area (Å²) in [5, 5.41) is 17.4. The molecule has 0 saturated carbocycles. The van der Waals surface area contributed by atoms with E-state index in [1.165, 1.54) is 23.5 Å². The number of carboxylic acid groups (broad SMARTS) is 2. The average molecular weight is 344 g/mol. The smallest absolute Gasteiger partial charge is 0.321 e. The first kappa shape index (κ1) is 18.8. The largest absolute Gasteiger partial charge is 0.480 e. The summed E-state index contributed by atoms with van der Waals surface area (Å²) in [7, 11) is 0. The summed E-state index contributed by atoms with van der Waals surface area (Å²) in [5.74, 6) is 0.190. The minimum absolute atomic E-state index is 0.375. The van der Waals surface area contributed by atoms with Gasteiger partial charge in [0.05, 0.1) is 0 Å². The molecule has 0 bridgehead atoms. The first-order chi connectivity index (χ1) is 10.4. The van der Waals surface area contributed by atoms with Gasteiger partial charge in [0.25, 0.3) is 0 Å². The lowest BCUT2D eigenvalue weighted by molar-refractivity contribution is -0.138. The van der Waals surface area contributed by atoms with E-state index >= 15 is 0 Å². The van der Waals surface area contributed by atoms with Gasteiger partial charge in [-0.05, 0) is 11.1 Å². The van der Waals surface area contributed by atoms with Crippen molar-refractivity contribution in [3.05, 3.63) is 35.4 Å². The SMILES string of the molecule is N[C@@H](CSCc1ccc(CSC[C@H](N)C(=O)O)cc1)C(=O)O. The highest BCUT2D eigenvalue weighted by atomic mass is 32.2. The molecule has 6 nitrogen and oxygen atoms in total. The normalized spacial score (nSPS) is 13.5. The van der Waals surface area contributed by atoms with E-state index in [0.717, 1.165) is 11.1 Å². The second-order valence-corrected chi connectivity index (χ2v) is 6.80. The first-order valence-corrected chi connectivity index (χ1v) is 8.91. The summed E-state index contributed by atoms with van der Waals surface area (Å²) in [5.41, 5.74) is 13.1. The van der Waals surface area contributed by atoms with E-state index in [1.54, 1.807) is 0 Å². The predicted molar refractivity (Wildman–Crippen MR) is 90.0 cm³/mol. The van der Waals surface area contributed by atoms with Crippen LogP contribution in [-0.2, 0) is 21.1 Å². The van der Waals surface area contributed by atoms with Crippen LogP contribution in [0.25, 0.3) is 0 Å². The lowest BCUT2D eigenvalue weighted by atomic mass is 10.2. The Morgan fingerprint density at radius 3 is 1.45 bits per heavy atom. The van der Waals surface area contributed by atoms with Crippen molar-refractivity contribution in [2.24, 2.45) is 11.5 Å². The van der Waals surface area contributed by atoms with Gasteiger partial charge in [-0.3, -0.25) is 9.59 Å². The van der Waals surface area contributed by atoms with Gasteiger partial charge in [0.1, 0.15) is 12.1 Å². The maximum Gasteiger partial charge on any atom is 0.321 e. The summed E-state index contributed by atoms with van der Waals surface area (Å²) < 4.78 is 0. The van der Waals surface area contributed by atoms with Gasteiger partial charge < -0.3 is 21.7 Å². The van der Waals surface area contributed by atoms with Crippen LogP contribution >= 0.6 is 23.5 Å². The van der Waals surface area contributed by atoms with Crippen molar-refractivity contribution < 1.29 is 19.8 Å². The number of carboxylic acids is 2. The van der Waals surface area contributed by atoms with Gasteiger partial charge in [-0.1, -0.05) is 24.3 Å². The van der Waals surface area contributed by atoms with Crippen LogP contribution in [0, 0.1) is 0 Å². The molecule has 0 unspecified atom stereocenters. The molecule has 1 rings (SSSR count). The Morgan fingerprint density at radius 2 is 1.18 bits per heavy atom. The second-order valence-electron chi connectivity index (χ2n) is 4.74. The number of rotatable bonds is 10. The van der Waals surface area contributed by atoms with Crippen molar-refractivity contribution in [1.82, 2.24) is 0 Å². The Morgan fingerprint density at radius 1 is 0.864 bits per heavy atom. The Kier molecular flexibility index (Phi) is 8.32. The Labute approximate surface area is 137 Å². The molecule has 0 saturated heterocycles. The van der Waals surface area contributed by atoms with Crippen molar-refractivity contribution in [3.8, 4) is 0 Å². The zero-order valence-corrected chi connectivity index (χ0v) is 13.6. The average Bonchev–Trinajstić information content (AvgIpc) is 2.48. The number of hydrogen-bond acceptors (Lipinski definition) is 6.